The predicted octanol–water partition coefficient (Wildman–Crippen LogP) is 4.39. The van der Waals surface area contributed by atoms with Gasteiger partial charge >= 0.3 is 0 Å². The molecular formula is C15H8Cl2N2O3. The van der Waals surface area contributed by atoms with E-state index in [9.17, 15) is 14.9 Å². The van der Waals surface area contributed by atoms with Crippen molar-refractivity contribution in [3.8, 4) is 0 Å². The predicted molar refractivity (Wildman–Crippen MR) is 86.1 cm³/mol. The molecule has 0 atom stereocenters. The first-order valence-electron chi connectivity index (χ1n) is 6.22. The summed E-state index contributed by atoms with van der Waals surface area (Å²) in [6.45, 7) is 0. The van der Waals surface area contributed by atoms with Crippen molar-refractivity contribution in [2.75, 3.05) is 5.32 Å². The summed E-state index contributed by atoms with van der Waals surface area (Å²) in [6, 6.07) is 9.42. The number of carbonyl (C=O) groups is 1. The second-order valence-corrected chi connectivity index (χ2v) is 5.51. The molecule has 5 nitrogen and oxygen atoms in total. The molecule has 110 valence electrons. The third kappa shape index (κ3) is 2.56. The average molecular weight is 335 g/mol. The first-order valence-corrected chi connectivity index (χ1v) is 6.98. The number of hydrogen-bond acceptors (Lipinski definition) is 3. The van der Waals surface area contributed by atoms with Crippen LogP contribution in [0.25, 0.3) is 11.6 Å². The molecule has 0 fully saturated rings. The number of nitro benzene ring substituents is 1. The SMILES string of the molecule is O=C1Nc2ccc(Cl)cc2C1=Cc1ccc(Cl)c([N+](=O)[O-])c1. The van der Waals surface area contributed by atoms with Gasteiger partial charge in [0.15, 0.2) is 0 Å². The Morgan fingerprint density at radius 2 is 1.91 bits per heavy atom. The second-order valence-electron chi connectivity index (χ2n) is 4.67. The van der Waals surface area contributed by atoms with Crippen molar-refractivity contribution < 1.29 is 9.72 Å². The van der Waals surface area contributed by atoms with E-state index in [0.29, 0.717) is 27.4 Å². The highest BCUT2D eigenvalue weighted by molar-refractivity contribution is 6.37. The van der Waals surface area contributed by atoms with Crippen molar-refractivity contribution in [2.24, 2.45) is 0 Å². The first kappa shape index (κ1) is 14.6. The minimum atomic E-state index is -0.566. The van der Waals surface area contributed by atoms with E-state index < -0.39 is 4.92 Å². The zero-order valence-electron chi connectivity index (χ0n) is 11.0. The molecule has 0 saturated heterocycles. The lowest BCUT2D eigenvalue weighted by atomic mass is 10.0. The van der Waals surface area contributed by atoms with Crippen molar-refractivity contribution in [1.29, 1.82) is 0 Å². The van der Waals surface area contributed by atoms with Crippen molar-refractivity contribution in [1.82, 2.24) is 0 Å². The van der Waals surface area contributed by atoms with E-state index in [1.165, 1.54) is 12.1 Å². The summed E-state index contributed by atoms with van der Waals surface area (Å²) in [7, 11) is 0. The fraction of sp³-hybridized carbons (Fsp3) is 0. The number of rotatable bonds is 2. The van der Waals surface area contributed by atoms with Crippen LogP contribution in [0.5, 0.6) is 0 Å². The van der Waals surface area contributed by atoms with Gasteiger partial charge in [0.05, 0.1) is 4.92 Å². The van der Waals surface area contributed by atoms with Crippen LogP contribution in [0.2, 0.25) is 10.0 Å². The molecule has 1 aliphatic rings. The number of hydrogen-bond donors (Lipinski definition) is 1. The van der Waals surface area contributed by atoms with Crippen LogP contribution < -0.4 is 5.32 Å². The zero-order valence-corrected chi connectivity index (χ0v) is 12.5. The topological polar surface area (TPSA) is 72.2 Å². The maximum Gasteiger partial charge on any atom is 0.288 e. The van der Waals surface area contributed by atoms with Gasteiger partial charge in [0.2, 0.25) is 0 Å². The third-order valence-corrected chi connectivity index (χ3v) is 3.80. The molecule has 0 aromatic heterocycles. The summed E-state index contributed by atoms with van der Waals surface area (Å²) in [5.74, 6) is -0.283. The summed E-state index contributed by atoms with van der Waals surface area (Å²) in [5, 5.41) is 14.2. The minimum absolute atomic E-state index is 0.0477. The van der Waals surface area contributed by atoms with Crippen LogP contribution in [-0.4, -0.2) is 10.8 Å². The van der Waals surface area contributed by atoms with Gasteiger partial charge in [0.25, 0.3) is 11.6 Å². The third-order valence-electron chi connectivity index (χ3n) is 3.24. The molecule has 0 spiro atoms. The van der Waals surface area contributed by atoms with Gasteiger partial charge in [0, 0.05) is 27.9 Å². The average Bonchev–Trinajstić information content (AvgIpc) is 2.76. The molecule has 0 unspecified atom stereocenters. The highest BCUT2D eigenvalue weighted by Gasteiger charge is 2.24. The molecule has 0 bridgehead atoms. The number of benzene rings is 2. The van der Waals surface area contributed by atoms with E-state index in [1.54, 1.807) is 30.3 Å². The van der Waals surface area contributed by atoms with Gasteiger partial charge in [-0.3, -0.25) is 14.9 Å². The summed E-state index contributed by atoms with van der Waals surface area (Å²) in [6.07, 6.45) is 1.57. The number of halogens is 2. The Morgan fingerprint density at radius 3 is 2.64 bits per heavy atom. The largest absolute Gasteiger partial charge is 0.321 e. The normalized spacial score (nSPS) is 14.8. The molecule has 2 aromatic carbocycles. The molecule has 3 rings (SSSR count). The molecule has 22 heavy (non-hydrogen) atoms. The van der Waals surface area contributed by atoms with Crippen LogP contribution in [0.1, 0.15) is 11.1 Å². The number of carbonyl (C=O) groups excluding carboxylic acids is 1. The molecule has 1 aliphatic heterocycles. The quantitative estimate of drug-likeness (QED) is 0.502. The number of anilines is 1. The summed E-state index contributed by atoms with van der Waals surface area (Å²) in [4.78, 5) is 22.4. The number of fused-ring (bicyclic) bond motifs is 1. The number of amides is 1. The fourth-order valence-electron chi connectivity index (χ4n) is 2.23. The van der Waals surface area contributed by atoms with Crippen LogP contribution in [0, 0.1) is 10.1 Å². The smallest absolute Gasteiger partial charge is 0.288 e. The molecule has 7 heteroatoms. The first-order chi connectivity index (χ1) is 10.5. The molecule has 1 N–H and O–H groups in total. The van der Waals surface area contributed by atoms with Gasteiger partial charge in [-0.1, -0.05) is 29.3 Å². The van der Waals surface area contributed by atoms with Gasteiger partial charge < -0.3 is 5.32 Å². The maximum absolute atomic E-state index is 12.1. The van der Waals surface area contributed by atoms with E-state index in [4.69, 9.17) is 23.2 Å². The molecule has 0 saturated carbocycles. The van der Waals surface area contributed by atoms with Crippen LogP contribution in [-0.2, 0) is 4.79 Å². The van der Waals surface area contributed by atoms with Crippen LogP contribution in [0.15, 0.2) is 36.4 Å². The highest BCUT2D eigenvalue weighted by Crippen LogP contribution is 2.35. The summed E-state index contributed by atoms with van der Waals surface area (Å²) < 4.78 is 0. The summed E-state index contributed by atoms with van der Waals surface area (Å²) >= 11 is 11.7. The molecule has 0 radical (unpaired) electrons. The molecule has 0 aliphatic carbocycles. The lowest BCUT2D eigenvalue weighted by molar-refractivity contribution is -0.384. The molecule has 1 heterocycles. The highest BCUT2D eigenvalue weighted by atomic mass is 35.5. The van der Waals surface area contributed by atoms with Gasteiger partial charge in [-0.25, -0.2) is 0 Å². The van der Waals surface area contributed by atoms with E-state index >= 15 is 0 Å². The Kier molecular flexibility index (Phi) is 3.60. The lowest BCUT2D eigenvalue weighted by Gasteiger charge is -2.01. The van der Waals surface area contributed by atoms with Crippen molar-refractivity contribution in [2.45, 2.75) is 0 Å². The number of nitrogens with one attached hydrogen (secondary N) is 1. The van der Waals surface area contributed by atoms with E-state index in [0.717, 1.165) is 0 Å². The Bertz CT molecular complexity index is 847. The number of nitro groups is 1. The Hall–Kier alpha value is -2.37. The van der Waals surface area contributed by atoms with Crippen molar-refractivity contribution in [3.63, 3.8) is 0 Å². The zero-order chi connectivity index (χ0) is 15.9. The minimum Gasteiger partial charge on any atom is -0.321 e. The van der Waals surface area contributed by atoms with E-state index in [1.807, 2.05) is 0 Å². The fourth-order valence-corrected chi connectivity index (χ4v) is 2.59. The Labute approximate surface area is 135 Å². The Balaban J connectivity index is 2.10. The van der Waals surface area contributed by atoms with E-state index in [2.05, 4.69) is 5.32 Å². The van der Waals surface area contributed by atoms with Crippen LogP contribution in [0.4, 0.5) is 11.4 Å². The van der Waals surface area contributed by atoms with Gasteiger partial charge in [-0.15, -0.1) is 0 Å². The monoisotopic (exact) mass is 334 g/mol. The van der Waals surface area contributed by atoms with Crippen molar-refractivity contribution in [3.05, 3.63) is 67.7 Å². The van der Waals surface area contributed by atoms with Gasteiger partial charge in [0.1, 0.15) is 5.02 Å². The lowest BCUT2D eigenvalue weighted by Crippen LogP contribution is -2.03. The molecule has 1 amide bonds. The van der Waals surface area contributed by atoms with E-state index in [-0.39, 0.29) is 16.6 Å². The van der Waals surface area contributed by atoms with Crippen LogP contribution >= 0.6 is 23.2 Å². The van der Waals surface area contributed by atoms with Gasteiger partial charge in [-0.05, 0) is 35.9 Å². The molecular weight excluding hydrogens is 327 g/mol. The summed E-state index contributed by atoms with van der Waals surface area (Å²) in [5.41, 5.74) is 2.02. The van der Waals surface area contributed by atoms with Gasteiger partial charge in [-0.2, -0.15) is 0 Å². The van der Waals surface area contributed by atoms with Crippen molar-refractivity contribution >= 4 is 52.1 Å². The number of nitrogens with zero attached hydrogens (tertiary/aromatic N) is 1. The standard InChI is InChI=1S/C15H8Cl2N2O3/c16-9-2-4-13-10(7-9)11(15(20)18-13)5-8-1-3-12(17)14(6-8)19(21)22/h1-7H,(H,18,20). The maximum atomic E-state index is 12.1. The Morgan fingerprint density at radius 1 is 1.14 bits per heavy atom. The van der Waals surface area contributed by atoms with Crippen LogP contribution in [0.3, 0.4) is 0 Å². The molecule has 2 aromatic rings. The second kappa shape index (κ2) is 5.44.